The van der Waals surface area contributed by atoms with Crippen molar-refractivity contribution in [3.8, 4) is 0 Å². The molecule has 1 heterocycles. The minimum absolute atomic E-state index is 0.140. The van der Waals surface area contributed by atoms with Gasteiger partial charge in [-0.2, -0.15) is 0 Å². The Hall–Kier alpha value is -2.14. The Morgan fingerprint density at radius 2 is 2.27 bits per heavy atom. The Balaban J connectivity index is 1.99. The van der Waals surface area contributed by atoms with Crippen LogP contribution in [0.15, 0.2) is 30.3 Å². The van der Waals surface area contributed by atoms with Gasteiger partial charge < -0.3 is 16.2 Å². The molecule has 5 nitrogen and oxygen atoms in total. The van der Waals surface area contributed by atoms with E-state index in [2.05, 4.69) is 17.2 Å². The van der Waals surface area contributed by atoms with E-state index >= 15 is 0 Å². The van der Waals surface area contributed by atoms with Crippen LogP contribution in [0.5, 0.6) is 0 Å². The fourth-order valence-corrected chi connectivity index (χ4v) is 3.30. The molecule has 0 spiro atoms. The number of para-hydroxylation sites is 1. The largest absolute Gasteiger partial charge is 0.396 e. The number of carbonyl (C=O) groups is 1. The number of carbonyl (C=O) groups excluding carboxylic acids is 1. The lowest BCUT2D eigenvalue weighted by Gasteiger charge is -2.30. The first-order valence-corrected chi connectivity index (χ1v) is 7.60. The van der Waals surface area contributed by atoms with Crippen LogP contribution in [0.25, 0.3) is 10.9 Å². The Kier molecular flexibility index (Phi) is 3.74. The molecule has 1 fully saturated rings. The number of primary amides is 1. The summed E-state index contributed by atoms with van der Waals surface area (Å²) < 4.78 is 0. The zero-order valence-corrected chi connectivity index (χ0v) is 12.7. The van der Waals surface area contributed by atoms with Crippen LogP contribution in [0.4, 0.5) is 5.82 Å². The van der Waals surface area contributed by atoms with Gasteiger partial charge in [0.05, 0.1) is 17.7 Å². The molecule has 2 atom stereocenters. The number of aliphatic hydroxyl groups is 1. The summed E-state index contributed by atoms with van der Waals surface area (Å²) in [6.07, 6.45) is 3.04. The van der Waals surface area contributed by atoms with Gasteiger partial charge in [0, 0.05) is 16.8 Å². The number of aromatic nitrogens is 1. The van der Waals surface area contributed by atoms with Crippen LogP contribution in [0, 0.1) is 5.41 Å². The molecule has 116 valence electrons. The molecular formula is C17H21N3O2. The maximum atomic E-state index is 11.7. The molecule has 22 heavy (non-hydrogen) atoms. The predicted octanol–water partition coefficient (Wildman–Crippen LogP) is 2.30. The van der Waals surface area contributed by atoms with Crippen LogP contribution in [0.2, 0.25) is 0 Å². The second-order valence-electron chi connectivity index (χ2n) is 6.34. The second kappa shape index (κ2) is 5.57. The number of nitrogens with two attached hydrogens (primary N) is 1. The van der Waals surface area contributed by atoms with Crippen molar-refractivity contribution in [2.75, 3.05) is 11.9 Å². The number of rotatable bonds is 4. The molecule has 1 aliphatic rings. The molecule has 3 rings (SSSR count). The van der Waals surface area contributed by atoms with E-state index in [1.165, 1.54) is 0 Å². The number of aliphatic hydroxyl groups excluding tert-OH is 1. The van der Waals surface area contributed by atoms with E-state index < -0.39 is 5.91 Å². The maximum absolute atomic E-state index is 11.7. The highest BCUT2D eigenvalue weighted by Gasteiger charge is 2.38. The van der Waals surface area contributed by atoms with Gasteiger partial charge in [0.25, 0.3) is 0 Å². The lowest BCUT2D eigenvalue weighted by molar-refractivity contribution is 0.100. The van der Waals surface area contributed by atoms with Gasteiger partial charge in [-0.25, -0.2) is 4.98 Å². The molecule has 0 radical (unpaired) electrons. The van der Waals surface area contributed by atoms with Crippen LogP contribution >= 0.6 is 0 Å². The number of benzene rings is 1. The van der Waals surface area contributed by atoms with E-state index in [0.29, 0.717) is 11.4 Å². The third-order valence-corrected chi connectivity index (χ3v) is 4.75. The van der Waals surface area contributed by atoms with E-state index in [9.17, 15) is 9.90 Å². The highest BCUT2D eigenvalue weighted by Crippen LogP contribution is 2.39. The number of hydrogen-bond donors (Lipinski definition) is 3. The summed E-state index contributed by atoms with van der Waals surface area (Å²) in [6.45, 7) is 2.22. The van der Waals surface area contributed by atoms with E-state index in [1.54, 1.807) is 6.07 Å². The van der Waals surface area contributed by atoms with Gasteiger partial charge in [0.1, 0.15) is 5.82 Å². The van der Waals surface area contributed by atoms with Gasteiger partial charge >= 0.3 is 0 Å². The van der Waals surface area contributed by atoms with Crippen molar-refractivity contribution in [2.45, 2.75) is 32.2 Å². The maximum Gasteiger partial charge on any atom is 0.249 e. The molecule has 0 bridgehead atoms. The second-order valence-corrected chi connectivity index (χ2v) is 6.34. The first kappa shape index (κ1) is 14.8. The molecule has 5 heteroatoms. The fourth-order valence-electron chi connectivity index (χ4n) is 3.30. The average Bonchev–Trinajstić information content (AvgIpc) is 2.88. The highest BCUT2D eigenvalue weighted by molar-refractivity contribution is 6.06. The van der Waals surface area contributed by atoms with Gasteiger partial charge in [-0.1, -0.05) is 31.5 Å². The number of nitrogens with one attached hydrogen (secondary N) is 1. The third kappa shape index (κ3) is 2.52. The van der Waals surface area contributed by atoms with Crippen molar-refractivity contribution in [2.24, 2.45) is 11.1 Å². The number of pyridine rings is 1. The third-order valence-electron chi connectivity index (χ3n) is 4.75. The first-order chi connectivity index (χ1) is 10.5. The Morgan fingerprint density at radius 1 is 1.50 bits per heavy atom. The molecular weight excluding hydrogens is 278 g/mol. The van der Waals surface area contributed by atoms with Crippen LogP contribution in [0.3, 0.4) is 0 Å². The Morgan fingerprint density at radius 3 is 3.00 bits per heavy atom. The van der Waals surface area contributed by atoms with Gasteiger partial charge in [0.2, 0.25) is 5.91 Å². The van der Waals surface area contributed by atoms with Gasteiger partial charge in [-0.05, 0) is 25.0 Å². The van der Waals surface area contributed by atoms with Gasteiger partial charge in [-0.15, -0.1) is 0 Å². The summed E-state index contributed by atoms with van der Waals surface area (Å²) in [5, 5.41) is 13.8. The predicted molar refractivity (Wildman–Crippen MR) is 86.7 cm³/mol. The fraction of sp³-hybridized carbons (Fsp3) is 0.412. The van der Waals surface area contributed by atoms with Gasteiger partial charge in [0.15, 0.2) is 0 Å². The summed E-state index contributed by atoms with van der Waals surface area (Å²) >= 11 is 0. The number of anilines is 1. The summed E-state index contributed by atoms with van der Waals surface area (Å²) in [6, 6.07) is 9.32. The standard InChI is InChI=1S/C17H21N3O2/c1-17(10-21)8-4-7-14(17)20-15-9-12(16(18)22)11-5-2-3-6-13(11)19-15/h2-3,5-6,9,14,21H,4,7-8,10H2,1H3,(H2,18,22)(H,19,20)/t14-,17+/m1/s1. The smallest absolute Gasteiger partial charge is 0.249 e. The van der Waals surface area contributed by atoms with Crippen molar-refractivity contribution in [1.82, 2.24) is 4.98 Å². The van der Waals surface area contributed by atoms with Crippen LogP contribution in [-0.4, -0.2) is 28.6 Å². The van der Waals surface area contributed by atoms with E-state index in [0.717, 1.165) is 30.2 Å². The molecule has 1 amide bonds. The lowest BCUT2D eigenvalue weighted by Crippen LogP contribution is -2.36. The molecule has 0 saturated heterocycles. The van der Waals surface area contributed by atoms with Crippen molar-refractivity contribution < 1.29 is 9.90 Å². The highest BCUT2D eigenvalue weighted by atomic mass is 16.3. The van der Waals surface area contributed by atoms with Crippen molar-refractivity contribution in [1.29, 1.82) is 0 Å². The van der Waals surface area contributed by atoms with Gasteiger partial charge in [-0.3, -0.25) is 4.79 Å². The first-order valence-electron chi connectivity index (χ1n) is 7.60. The Labute approximate surface area is 129 Å². The van der Waals surface area contributed by atoms with Crippen LogP contribution in [0.1, 0.15) is 36.5 Å². The summed E-state index contributed by atoms with van der Waals surface area (Å²) in [4.78, 5) is 16.3. The molecule has 1 saturated carbocycles. The SMILES string of the molecule is C[C@@]1(CO)CCC[C@H]1Nc1cc(C(N)=O)c2ccccc2n1. The van der Waals surface area contributed by atoms with Crippen molar-refractivity contribution >= 4 is 22.6 Å². The minimum Gasteiger partial charge on any atom is -0.396 e. The summed E-state index contributed by atoms with van der Waals surface area (Å²) in [5.74, 6) is 0.178. The van der Waals surface area contributed by atoms with Crippen molar-refractivity contribution in [3.63, 3.8) is 0 Å². The minimum atomic E-state index is -0.460. The number of fused-ring (bicyclic) bond motifs is 1. The Bertz CT molecular complexity index is 716. The summed E-state index contributed by atoms with van der Waals surface area (Å²) in [5.41, 5.74) is 6.56. The quantitative estimate of drug-likeness (QED) is 0.808. The molecule has 4 N–H and O–H groups in total. The van der Waals surface area contributed by atoms with E-state index in [-0.39, 0.29) is 18.1 Å². The average molecular weight is 299 g/mol. The lowest BCUT2D eigenvalue weighted by atomic mass is 9.86. The topological polar surface area (TPSA) is 88.2 Å². The number of amides is 1. The molecule has 0 aliphatic heterocycles. The number of nitrogens with zero attached hydrogens (tertiary/aromatic N) is 1. The van der Waals surface area contributed by atoms with E-state index in [4.69, 9.17) is 5.73 Å². The van der Waals surface area contributed by atoms with Crippen LogP contribution in [-0.2, 0) is 0 Å². The zero-order valence-electron chi connectivity index (χ0n) is 12.7. The normalized spacial score (nSPS) is 24.5. The monoisotopic (exact) mass is 299 g/mol. The molecule has 2 aromatic rings. The molecule has 1 aliphatic carbocycles. The number of hydrogen-bond acceptors (Lipinski definition) is 4. The molecule has 0 unspecified atom stereocenters. The zero-order chi connectivity index (χ0) is 15.7. The molecule has 1 aromatic heterocycles. The van der Waals surface area contributed by atoms with Crippen LogP contribution < -0.4 is 11.1 Å². The van der Waals surface area contributed by atoms with E-state index in [1.807, 2.05) is 24.3 Å². The van der Waals surface area contributed by atoms with Crippen molar-refractivity contribution in [3.05, 3.63) is 35.9 Å². The molecule has 1 aromatic carbocycles. The summed E-state index contributed by atoms with van der Waals surface area (Å²) in [7, 11) is 0.